The van der Waals surface area contributed by atoms with Gasteiger partial charge in [0.25, 0.3) is 5.91 Å². The van der Waals surface area contributed by atoms with E-state index < -0.39 is 0 Å². The Hall–Kier alpha value is -3.03. The topological polar surface area (TPSA) is 91.3 Å². The summed E-state index contributed by atoms with van der Waals surface area (Å²) in [7, 11) is 0. The molecule has 0 unspecified atom stereocenters. The zero-order valence-electron chi connectivity index (χ0n) is 15.0. The van der Waals surface area contributed by atoms with Crippen LogP contribution in [0.1, 0.15) is 28.7 Å². The highest BCUT2D eigenvalue weighted by Gasteiger charge is 2.24. The standard InChI is InChI=1S/C18H22N6O2/c1-13-11-16(17(26)24-9-7-23(8-10-24)14(2)25)22-18(21-13)20-12-15-3-5-19-6-4-15/h3-6,11H,7-10,12H2,1-2H3,(H,20,21,22). The summed E-state index contributed by atoms with van der Waals surface area (Å²) in [5.74, 6) is 0.329. The zero-order valence-corrected chi connectivity index (χ0v) is 15.0. The van der Waals surface area contributed by atoms with Gasteiger partial charge in [0, 0.05) is 57.7 Å². The first-order valence-electron chi connectivity index (χ1n) is 8.56. The number of hydrogen-bond acceptors (Lipinski definition) is 6. The smallest absolute Gasteiger partial charge is 0.272 e. The van der Waals surface area contributed by atoms with Crippen LogP contribution in [0.3, 0.4) is 0 Å². The van der Waals surface area contributed by atoms with Gasteiger partial charge in [-0.05, 0) is 30.7 Å². The maximum Gasteiger partial charge on any atom is 0.272 e. The van der Waals surface area contributed by atoms with Crippen LogP contribution < -0.4 is 5.32 Å². The Morgan fingerprint density at radius 2 is 1.73 bits per heavy atom. The number of nitrogens with one attached hydrogen (secondary N) is 1. The van der Waals surface area contributed by atoms with Gasteiger partial charge in [0.15, 0.2) is 0 Å². The second-order valence-corrected chi connectivity index (χ2v) is 6.23. The normalized spacial score (nSPS) is 14.2. The van der Waals surface area contributed by atoms with E-state index in [0.29, 0.717) is 44.4 Å². The summed E-state index contributed by atoms with van der Waals surface area (Å²) < 4.78 is 0. The van der Waals surface area contributed by atoms with E-state index in [2.05, 4.69) is 20.3 Å². The van der Waals surface area contributed by atoms with Gasteiger partial charge in [-0.2, -0.15) is 0 Å². The van der Waals surface area contributed by atoms with Gasteiger partial charge in [-0.25, -0.2) is 9.97 Å². The quantitative estimate of drug-likeness (QED) is 0.884. The van der Waals surface area contributed by atoms with Crippen molar-refractivity contribution in [2.24, 2.45) is 0 Å². The van der Waals surface area contributed by atoms with Gasteiger partial charge in [0.05, 0.1) is 0 Å². The van der Waals surface area contributed by atoms with E-state index in [1.54, 1.807) is 35.2 Å². The molecule has 1 aliphatic rings. The van der Waals surface area contributed by atoms with Crippen LogP contribution in [0.4, 0.5) is 5.95 Å². The first kappa shape index (κ1) is 17.8. The van der Waals surface area contributed by atoms with Crippen LogP contribution in [0.25, 0.3) is 0 Å². The second-order valence-electron chi connectivity index (χ2n) is 6.23. The molecular weight excluding hydrogens is 332 g/mol. The van der Waals surface area contributed by atoms with E-state index in [0.717, 1.165) is 11.3 Å². The van der Waals surface area contributed by atoms with Gasteiger partial charge in [0.2, 0.25) is 11.9 Å². The molecule has 2 aromatic rings. The predicted molar refractivity (Wildman–Crippen MR) is 96.5 cm³/mol. The van der Waals surface area contributed by atoms with Crippen LogP contribution in [0.2, 0.25) is 0 Å². The molecule has 2 aromatic heterocycles. The third-order valence-electron chi connectivity index (χ3n) is 4.29. The maximum absolute atomic E-state index is 12.8. The van der Waals surface area contributed by atoms with E-state index in [1.807, 2.05) is 19.1 Å². The number of nitrogens with zero attached hydrogens (tertiary/aromatic N) is 5. The van der Waals surface area contributed by atoms with Crippen molar-refractivity contribution in [1.29, 1.82) is 0 Å². The summed E-state index contributed by atoms with van der Waals surface area (Å²) in [5, 5.41) is 3.15. The number of pyridine rings is 1. The van der Waals surface area contributed by atoms with Crippen molar-refractivity contribution >= 4 is 17.8 Å². The first-order chi connectivity index (χ1) is 12.5. The highest BCUT2D eigenvalue weighted by molar-refractivity contribution is 5.93. The van der Waals surface area contributed by atoms with Crippen LogP contribution in [-0.2, 0) is 11.3 Å². The molecule has 8 heteroatoms. The lowest BCUT2D eigenvalue weighted by Crippen LogP contribution is -2.50. The minimum Gasteiger partial charge on any atom is -0.350 e. The Labute approximate surface area is 152 Å². The predicted octanol–water partition coefficient (Wildman–Crippen LogP) is 1.10. The molecule has 8 nitrogen and oxygen atoms in total. The molecule has 3 heterocycles. The molecule has 1 saturated heterocycles. The first-order valence-corrected chi connectivity index (χ1v) is 8.56. The van der Waals surface area contributed by atoms with Gasteiger partial charge in [-0.3, -0.25) is 14.6 Å². The van der Waals surface area contributed by atoms with Crippen molar-refractivity contribution in [3.8, 4) is 0 Å². The van der Waals surface area contributed by atoms with Crippen molar-refractivity contribution < 1.29 is 9.59 Å². The molecular formula is C18H22N6O2. The van der Waals surface area contributed by atoms with Gasteiger partial charge in [0.1, 0.15) is 5.69 Å². The molecule has 2 amide bonds. The zero-order chi connectivity index (χ0) is 18.5. The van der Waals surface area contributed by atoms with E-state index in [4.69, 9.17) is 0 Å². The molecule has 0 bridgehead atoms. The van der Waals surface area contributed by atoms with E-state index in [-0.39, 0.29) is 11.8 Å². The lowest BCUT2D eigenvalue weighted by Gasteiger charge is -2.34. The summed E-state index contributed by atoms with van der Waals surface area (Å²) in [5.41, 5.74) is 2.15. The number of anilines is 1. The molecule has 1 N–H and O–H groups in total. The molecule has 0 radical (unpaired) electrons. The van der Waals surface area contributed by atoms with Crippen molar-refractivity contribution in [3.63, 3.8) is 0 Å². The van der Waals surface area contributed by atoms with Crippen LogP contribution in [-0.4, -0.2) is 62.7 Å². The number of aryl methyl sites for hydroxylation is 1. The largest absolute Gasteiger partial charge is 0.350 e. The highest BCUT2D eigenvalue weighted by Crippen LogP contribution is 2.11. The SMILES string of the molecule is CC(=O)N1CCN(C(=O)c2cc(C)nc(NCc3ccncc3)n2)CC1. The Bertz CT molecular complexity index is 788. The Kier molecular flexibility index (Phi) is 5.40. The van der Waals surface area contributed by atoms with Crippen LogP contribution in [0, 0.1) is 6.92 Å². The number of amides is 2. The van der Waals surface area contributed by atoms with Gasteiger partial charge >= 0.3 is 0 Å². The van der Waals surface area contributed by atoms with Crippen molar-refractivity contribution in [2.75, 3.05) is 31.5 Å². The molecule has 26 heavy (non-hydrogen) atoms. The Balaban J connectivity index is 1.67. The third-order valence-corrected chi connectivity index (χ3v) is 4.29. The summed E-state index contributed by atoms with van der Waals surface area (Å²) in [6.07, 6.45) is 3.45. The van der Waals surface area contributed by atoms with Crippen LogP contribution in [0.15, 0.2) is 30.6 Å². The average Bonchev–Trinajstić information content (AvgIpc) is 2.66. The van der Waals surface area contributed by atoms with Gasteiger partial charge < -0.3 is 15.1 Å². The molecule has 0 aliphatic carbocycles. The molecule has 136 valence electrons. The molecule has 1 aliphatic heterocycles. The number of carbonyl (C=O) groups is 2. The number of aromatic nitrogens is 3. The fourth-order valence-electron chi connectivity index (χ4n) is 2.83. The third kappa shape index (κ3) is 4.33. The molecule has 0 aromatic carbocycles. The van der Waals surface area contributed by atoms with Crippen molar-refractivity contribution in [2.45, 2.75) is 20.4 Å². The molecule has 0 spiro atoms. The van der Waals surface area contributed by atoms with E-state index >= 15 is 0 Å². The number of rotatable bonds is 4. The lowest BCUT2D eigenvalue weighted by molar-refractivity contribution is -0.130. The minimum atomic E-state index is -0.134. The van der Waals surface area contributed by atoms with Crippen molar-refractivity contribution in [3.05, 3.63) is 47.5 Å². The monoisotopic (exact) mass is 354 g/mol. The van der Waals surface area contributed by atoms with Crippen LogP contribution in [0.5, 0.6) is 0 Å². The Morgan fingerprint density at radius 1 is 1.08 bits per heavy atom. The number of piperazine rings is 1. The fourth-order valence-corrected chi connectivity index (χ4v) is 2.83. The summed E-state index contributed by atoms with van der Waals surface area (Å²) in [6.45, 7) is 6.08. The van der Waals surface area contributed by atoms with E-state index in [9.17, 15) is 9.59 Å². The summed E-state index contributed by atoms with van der Waals surface area (Å²) in [6, 6.07) is 5.50. The number of carbonyl (C=O) groups excluding carboxylic acids is 2. The second kappa shape index (κ2) is 7.90. The van der Waals surface area contributed by atoms with Crippen molar-refractivity contribution in [1.82, 2.24) is 24.8 Å². The lowest BCUT2D eigenvalue weighted by atomic mass is 10.2. The molecule has 0 atom stereocenters. The minimum absolute atomic E-state index is 0.0394. The summed E-state index contributed by atoms with van der Waals surface area (Å²) >= 11 is 0. The molecule has 3 rings (SSSR count). The average molecular weight is 354 g/mol. The Morgan fingerprint density at radius 3 is 2.38 bits per heavy atom. The summed E-state index contributed by atoms with van der Waals surface area (Å²) in [4.78, 5) is 40.3. The molecule has 0 saturated carbocycles. The highest BCUT2D eigenvalue weighted by atomic mass is 16.2. The molecule has 1 fully saturated rings. The maximum atomic E-state index is 12.8. The van der Waals surface area contributed by atoms with Crippen LogP contribution >= 0.6 is 0 Å². The number of hydrogen-bond donors (Lipinski definition) is 1. The van der Waals surface area contributed by atoms with Gasteiger partial charge in [-0.1, -0.05) is 0 Å². The fraction of sp³-hybridized carbons (Fsp3) is 0.389. The van der Waals surface area contributed by atoms with Gasteiger partial charge in [-0.15, -0.1) is 0 Å². The van der Waals surface area contributed by atoms with E-state index in [1.165, 1.54) is 0 Å².